The summed E-state index contributed by atoms with van der Waals surface area (Å²) in [5.41, 5.74) is -0.122. The number of likely N-dealkylation sites (tertiary alicyclic amines) is 1. The van der Waals surface area contributed by atoms with Crippen LogP contribution in [0.1, 0.15) is 23.2 Å². The zero-order valence-corrected chi connectivity index (χ0v) is 11.5. The van der Waals surface area contributed by atoms with Gasteiger partial charge in [-0.15, -0.1) is 0 Å². The summed E-state index contributed by atoms with van der Waals surface area (Å²) < 4.78 is 25.8. The van der Waals surface area contributed by atoms with Crippen molar-refractivity contribution in [3.63, 3.8) is 0 Å². The van der Waals surface area contributed by atoms with Gasteiger partial charge in [0.15, 0.2) is 11.6 Å². The van der Waals surface area contributed by atoms with Gasteiger partial charge >= 0.3 is 5.97 Å². The maximum atomic E-state index is 13.0. The minimum absolute atomic E-state index is 0.122. The van der Waals surface area contributed by atoms with E-state index < -0.39 is 42.0 Å². The Morgan fingerprint density at radius 2 is 2.00 bits per heavy atom. The average Bonchev–Trinajstić information content (AvgIpc) is 2.97. The third-order valence-corrected chi connectivity index (χ3v) is 3.44. The monoisotopic (exact) mass is 312 g/mol. The predicted octanol–water partition coefficient (Wildman–Crippen LogP) is 0.770. The standard InChI is InChI=1S/C14H14F2N2O4/c15-9-4-3-8(6-10(9)16)13(20)17-7-12(19)18-5-1-2-11(18)14(21)22/h3-4,6,11H,1-2,5,7H2,(H,17,20)(H,21,22)/t11-/m0/s1. The van der Waals surface area contributed by atoms with Crippen molar-refractivity contribution in [2.75, 3.05) is 13.1 Å². The maximum Gasteiger partial charge on any atom is 0.326 e. The summed E-state index contributed by atoms with van der Waals surface area (Å²) in [5, 5.41) is 11.3. The molecule has 1 heterocycles. The van der Waals surface area contributed by atoms with Gasteiger partial charge in [0.25, 0.3) is 5.91 Å². The molecule has 0 aromatic heterocycles. The highest BCUT2D eigenvalue weighted by atomic mass is 19.2. The van der Waals surface area contributed by atoms with E-state index in [1.54, 1.807) is 0 Å². The smallest absolute Gasteiger partial charge is 0.326 e. The Labute approximate surface area is 124 Å². The van der Waals surface area contributed by atoms with Gasteiger partial charge in [-0.2, -0.15) is 0 Å². The summed E-state index contributed by atoms with van der Waals surface area (Å²) in [6.07, 6.45) is 0.956. The quantitative estimate of drug-likeness (QED) is 0.860. The normalized spacial score (nSPS) is 17.4. The summed E-state index contributed by atoms with van der Waals surface area (Å²) >= 11 is 0. The van der Waals surface area contributed by atoms with Crippen LogP contribution in [0.3, 0.4) is 0 Å². The van der Waals surface area contributed by atoms with E-state index in [1.807, 2.05) is 0 Å². The number of rotatable bonds is 4. The van der Waals surface area contributed by atoms with Crippen LogP contribution >= 0.6 is 0 Å². The second kappa shape index (κ2) is 6.50. The summed E-state index contributed by atoms with van der Waals surface area (Å²) in [7, 11) is 0. The van der Waals surface area contributed by atoms with Crippen LogP contribution in [0.5, 0.6) is 0 Å². The molecule has 1 atom stereocenters. The van der Waals surface area contributed by atoms with E-state index in [1.165, 1.54) is 4.90 Å². The van der Waals surface area contributed by atoms with Crippen LogP contribution < -0.4 is 5.32 Å². The maximum absolute atomic E-state index is 13.0. The van der Waals surface area contributed by atoms with Crippen molar-refractivity contribution in [1.29, 1.82) is 0 Å². The fraction of sp³-hybridized carbons (Fsp3) is 0.357. The number of hydrogen-bond acceptors (Lipinski definition) is 3. The Morgan fingerprint density at radius 3 is 2.64 bits per heavy atom. The van der Waals surface area contributed by atoms with E-state index >= 15 is 0 Å². The molecule has 0 aliphatic carbocycles. The molecule has 2 N–H and O–H groups in total. The Kier molecular flexibility index (Phi) is 4.69. The Bertz CT molecular complexity index is 621. The van der Waals surface area contributed by atoms with Crippen LogP contribution in [-0.2, 0) is 9.59 Å². The van der Waals surface area contributed by atoms with Crippen molar-refractivity contribution in [3.8, 4) is 0 Å². The highest BCUT2D eigenvalue weighted by Gasteiger charge is 2.33. The lowest BCUT2D eigenvalue weighted by atomic mass is 10.2. The highest BCUT2D eigenvalue weighted by molar-refractivity contribution is 5.96. The molecule has 0 radical (unpaired) electrons. The molecule has 1 aromatic rings. The molecule has 1 saturated heterocycles. The number of aliphatic carboxylic acids is 1. The largest absolute Gasteiger partial charge is 0.480 e. The second-order valence-corrected chi connectivity index (χ2v) is 4.89. The molecular weight excluding hydrogens is 298 g/mol. The van der Waals surface area contributed by atoms with E-state index in [-0.39, 0.29) is 5.56 Å². The number of carboxylic acids is 1. The number of carbonyl (C=O) groups excluding carboxylic acids is 2. The topological polar surface area (TPSA) is 86.7 Å². The molecule has 8 heteroatoms. The first-order chi connectivity index (χ1) is 10.4. The number of amides is 2. The number of hydrogen-bond donors (Lipinski definition) is 2. The van der Waals surface area contributed by atoms with Gasteiger partial charge in [0.2, 0.25) is 5.91 Å². The summed E-state index contributed by atoms with van der Waals surface area (Å²) in [5.74, 6) is -4.59. The molecule has 0 spiro atoms. The molecule has 2 rings (SSSR count). The summed E-state index contributed by atoms with van der Waals surface area (Å²) in [6, 6.07) is 1.75. The molecule has 6 nitrogen and oxygen atoms in total. The molecule has 1 aliphatic rings. The Morgan fingerprint density at radius 1 is 1.27 bits per heavy atom. The van der Waals surface area contributed by atoms with E-state index in [2.05, 4.69) is 5.32 Å². The van der Waals surface area contributed by atoms with Gasteiger partial charge in [-0.25, -0.2) is 13.6 Å². The Hall–Kier alpha value is -2.51. The zero-order valence-electron chi connectivity index (χ0n) is 11.5. The van der Waals surface area contributed by atoms with Crippen LogP contribution in [0.4, 0.5) is 8.78 Å². The lowest BCUT2D eigenvalue weighted by molar-refractivity contribution is -0.147. The van der Waals surface area contributed by atoms with Crippen LogP contribution in [-0.4, -0.2) is 46.9 Å². The van der Waals surface area contributed by atoms with Gasteiger partial charge < -0.3 is 15.3 Å². The summed E-state index contributed by atoms with van der Waals surface area (Å²) in [6.45, 7) is -0.0849. The van der Waals surface area contributed by atoms with Crippen molar-refractivity contribution in [3.05, 3.63) is 35.4 Å². The average molecular weight is 312 g/mol. The molecule has 0 unspecified atom stereocenters. The number of carboxylic acid groups (broad SMARTS) is 1. The lowest BCUT2D eigenvalue weighted by Crippen LogP contribution is -2.45. The molecule has 2 amide bonds. The number of halogens is 2. The van der Waals surface area contributed by atoms with Gasteiger partial charge in [0.05, 0.1) is 6.54 Å². The molecule has 1 aliphatic heterocycles. The van der Waals surface area contributed by atoms with Gasteiger partial charge in [-0.05, 0) is 31.0 Å². The van der Waals surface area contributed by atoms with E-state index in [4.69, 9.17) is 5.11 Å². The molecule has 0 bridgehead atoms. The van der Waals surface area contributed by atoms with Crippen molar-refractivity contribution in [2.24, 2.45) is 0 Å². The highest BCUT2D eigenvalue weighted by Crippen LogP contribution is 2.17. The minimum atomic E-state index is -1.16. The molecule has 1 fully saturated rings. The van der Waals surface area contributed by atoms with Crippen molar-refractivity contribution < 1.29 is 28.3 Å². The predicted molar refractivity (Wildman–Crippen MR) is 71.1 cm³/mol. The molecule has 1 aromatic carbocycles. The van der Waals surface area contributed by atoms with Crippen LogP contribution in [0.15, 0.2) is 18.2 Å². The first kappa shape index (κ1) is 15.9. The zero-order chi connectivity index (χ0) is 16.3. The van der Waals surface area contributed by atoms with E-state index in [0.717, 1.165) is 18.2 Å². The van der Waals surface area contributed by atoms with Crippen molar-refractivity contribution in [2.45, 2.75) is 18.9 Å². The number of nitrogens with one attached hydrogen (secondary N) is 1. The van der Waals surface area contributed by atoms with Crippen LogP contribution in [0.25, 0.3) is 0 Å². The van der Waals surface area contributed by atoms with Crippen molar-refractivity contribution in [1.82, 2.24) is 10.2 Å². The van der Waals surface area contributed by atoms with Gasteiger partial charge in [-0.3, -0.25) is 9.59 Å². The van der Waals surface area contributed by atoms with Crippen molar-refractivity contribution >= 4 is 17.8 Å². The third-order valence-electron chi connectivity index (χ3n) is 3.44. The lowest BCUT2D eigenvalue weighted by Gasteiger charge is -2.21. The third kappa shape index (κ3) is 3.38. The fourth-order valence-electron chi connectivity index (χ4n) is 2.32. The first-order valence-electron chi connectivity index (χ1n) is 6.65. The van der Waals surface area contributed by atoms with E-state index in [9.17, 15) is 23.2 Å². The number of benzene rings is 1. The Balaban J connectivity index is 1.94. The minimum Gasteiger partial charge on any atom is -0.480 e. The van der Waals surface area contributed by atoms with Gasteiger partial charge in [0, 0.05) is 12.1 Å². The molecule has 22 heavy (non-hydrogen) atoms. The summed E-state index contributed by atoms with van der Waals surface area (Å²) in [4.78, 5) is 35.9. The molecular formula is C14H14F2N2O4. The first-order valence-corrected chi connectivity index (χ1v) is 6.65. The number of nitrogens with zero attached hydrogens (tertiary/aromatic N) is 1. The van der Waals surface area contributed by atoms with Gasteiger partial charge in [0.1, 0.15) is 6.04 Å². The van der Waals surface area contributed by atoms with Crippen LogP contribution in [0, 0.1) is 11.6 Å². The van der Waals surface area contributed by atoms with Gasteiger partial charge in [-0.1, -0.05) is 0 Å². The van der Waals surface area contributed by atoms with Crippen LogP contribution in [0.2, 0.25) is 0 Å². The fourth-order valence-corrected chi connectivity index (χ4v) is 2.32. The molecule has 118 valence electrons. The molecule has 0 saturated carbocycles. The SMILES string of the molecule is O=C(NCC(=O)N1CCC[C@H]1C(=O)O)c1ccc(F)c(F)c1. The number of carbonyl (C=O) groups is 3. The second-order valence-electron chi connectivity index (χ2n) is 4.89. The van der Waals surface area contributed by atoms with E-state index in [0.29, 0.717) is 19.4 Å².